The maximum Gasteiger partial charge on any atom is 0.324 e. The number of halogens is 1. The number of nitrogens with one attached hydrogen (secondary N) is 2. The number of carbonyl (C=O) groups excluding carboxylic acids is 3. The normalized spacial score (nSPS) is 13.6. The first-order chi connectivity index (χ1) is 11.0. The van der Waals surface area contributed by atoms with Crippen molar-refractivity contribution in [2.24, 2.45) is 5.73 Å². The SMILES string of the molecule is C[C@H](NS(=O)(=O)c1ccc(F)cc1)C(=O)O[C@H](C)C(=O)NC(N)=O. The van der Waals surface area contributed by atoms with E-state index in [1.807, 2.05) is 4.72 Å². The fourth-order valence-electron chi connectivity index (χ4n) is 1.52. The maximum atomic E-state index is 12.8. The Morgan fingerprint density at radius 2 is 1.71 bits per heavy atom. The molecule has 0 aromatic heterocycles. The summed E-state index contributed by atoms with van der Waals surface area (Å²) in [5, 5.41) is 1.71. The number of imide groups is 1. The number of primary amides is 1. The van der Waals surface area contributed by atoms with E-state index >= 15 is 0 Å². The Kier molecular flexibility index (Phi) is 6.37. The number of benzene rings is 1. The number of rotatable bonds is 6. The van der Waals surface area contributed by atoms with Gasteiger partial charge in [-0.3, -0.25) is 14.9 Å². The summed E-state index contributed by atoms with van der Waals surface area (Å²) in [6, 6.07) is 1.51. The summed E-state index contributed by atoms with van der Waals surface area (Å²) in [6.45, 7) is 2.37. The van der Waals surface area contributed by atoms with Crippen LogP contribution in [0.3, 0.4) is 0 Å². The van der Waals surface area contributed by atoms with E-state index in [0.717, 1.165) is 24.3 Å². The molecule has 0 spiro atoms. The number of hydrogen-bond donors (Lipinski definition) is 3. The smallest absolute Gasteiger partial charge is 0.324 e. The Morgan fingerprint density at radius 1 is 1.17 bits per heavy atom. The Labute approximate surface area is 137 Å². The average molecular weight is 361 g/mol. The fraction of sp³-hybridized carbons (Fsp3) is 0.308. The first-order valence-corrected chi connectivity index (χ1v) is 8.10. The summed E-state index contributed by atoms with van der Waals surface area (Å²) in [4.78, 5) is 33.5. The van der Waals surface area contributed by atoms with Crippen molar-refractivity contribution in [3.8, 4) is 0 Å². The van der Waals surface area contributed by atoms with Gasteiger partial charge in [0.1, 0.15) is 11.9 Å². The minimum Gasteiger partial charge on any atom is -0.451 e. The lowest BCUT2D eigenvalue weighted by molar-refractivity contribution is -0.155. The Hall–Kier alpha value is -2.53. The van der Waals surface area contributed by atoms with Gasteiger partial charge in [-0.25, -0.2) is 17.6 Å². The molecule has 0 aliphatic carbocycles. The molecular formula is C13H16FN3O6S. The Balaban J connectivity index is 2.71. The molecule has 1 rings (SSSR count). The highest BCUT2D eigenvalue weighted by Gasteiger charge is 2.26. The molecule has 0 unspecified atom stereocenters. The van der Waals surface area contributed by atoms with Crippen LogP contribution in [0.1, 0.15) is 13.8 Å². The van der Waals surface area contributed by atoms with Crippen molar-refractivity contribution in [3.05, 3.63) is 30.1 Å². The predicted molar refractivity (Wildman–Crippen MR) is 79.5 cm³/mol. The van der Waals surface area contributed by atoms with Gasteiger partial charge in [-0.15, -0.1) is 0 Å². The Bertz CT molecular complexity index is 735. The second kappa shape index (κ2) is 7.84. The molecule has 1 aromatic rings. The van der Waals surface area contributed by atoms with Crippen molar-refractivity contribution in [2.45, 2.75) is 30.9 Å². The monoisotopic (exact) mass is 361 g/mol. The molecule has 0 heterocycles. The number of urea groups is 1. The summed E-state index contributed by atoms with van der Waals surface area (Å²) in [5.74, 6) is -2.62. The quantitative estimate of drug-likeness (QED) is 0.589. The summed E-state index contributed by atoms with van der Waals surface area (Å²) >= 11 is 0. The summed E-state index contributed by atoms with van der Waals surface area (Å²) in [5.41, 5.74) is 4.75. The molecule has 0 saturated carbocycles. The van der Waals surface area contributed by atoms with Crippen LogP contribution in [0.25, 0.3) is 0 Å². The van der Waals surface area contributed by atoms with Crippen molar-refractivity contribution in [2.75, 3.05) is 0 Å². The number of nitrogens with two attached hydrogens (primary N) is 1. The topological polar surface area (TPSA) is 145 Å². The molecule has 0 aliphatic rings. The molecule has 3 amide bonds. The van der Waals surface area contributed by atoms with E-state index < -0.39 is 45.9 Å². The molecule has 24 heavy (non-hydrogen) atoms. The van der Waals surface area contributed by atoms with Crippen molar-refractivity contribution in [3.63, 3.8) is 0 Å². The number of sulfonamides is 1. The molecule has 2 atom stereocenters. The third kappa shape index (κ3) is 5.59. The molecule has 0 bridgehead atoms. The van der Waals surface area contributed by atoms with Gasteiger partial charge < -0.3 is 10.5 Å². The lowest BCUT2D eigenvalue weighted by atomic mass is 10.3. The second-order valence-corrected chi connectivity index (χ2v) is 6.44. The largest absolute Gasteiger partial charge is 0.451 e. The van der Waals surface area contributed by atoms with Crippen LogP contribution in [0.5, 0.6) is 0 Å². The number of hydrogen-bond acceptors (Lipinski definition) is 6. The van der Waals surface area contributed by atoms with E-state index in [1.54, 1.807) is 5.32 Å². The first-order valence-electron chi connectivity index (χ1n) is 6.61. The first kappa shape index (κ1) is 19.5. The van der Waals surface area contributed by atoms with Crippen LogP contribution in [0.2, 0.25) is 0 Å². The number of carbonyl (C=O) groups is 3. The highest BCUT2D eigenvalue weighted by Crippen LogP contribution is 2.10. The van der Waals surface area contributed by atoms with Crippen LogP contribution in [0.15, 0.2) is 29.2 Å². The van der Waals surface area contributed by atoms with Gasteiger partial charge in [0.25, 0.3) is 5.91 Å². The van der Waals surface area contributed by atoms with Crippen molar-refractivity contribution in [1.82, 2.24) is 10.0 Å². The van der Waals surface area contributed by atoms with Gasteiger partial charge in [-0.2, -0.15) is 4.72 Å². The molecule has 4 N–H and O–H groups in total. The predicted octanol–water partition coefficient (Wildman–Crippen LogP) is -0.381. The van der Waals surface area contributed by atoms with Gasteiger partial charge in [-0.05, 0) is 38.1 Å². The van der Waals surface area contributed by atoms with E-state index in [4.69, 9.17) is 10.5 Å². The lowest BCUT2D eigenvalue weighted by Crippen LogP contribution is -2.45. The Morgan fingerprint density at radius 3 is 2.21 bits per heavy atom. The molecule has 132 valence electrons. The van der Waals surface area contributed by atoms with Gasteiger partial charge in [0.15, 0.2) is 6.10 Å². The molecule has 0 saturated heterocycles. The van der Waals surface area contributed by atoms with Gasteiger partial charge in [0.05, 0.1) is 4.90 Å². The molecule has 1 aromatic carbocycles. The molecular weight excluding hydrogens is 345 g/mol. The van der Waals surface area contributed by atoms with E-state index in [1.165, 1.54) is 13.8 Å². The fourth-order valence-corrected chi connectivity index (χ4v) is 2.71. The van der Waals surface area contributed by atoms with Crippen LogP contribution in [-0.2, 0) is 24.3 Å². The van der Waals surface area contributed by atoms with Crippen LogP contribution >= 0.6 is 0 Å². The summed E-state index contributed by atoms with van der Waals surface area (Å²) in [6.07, 6.45) is -1.36. The summed E-state index contributed by atoms with van der Waals surface area (Å²) < 4.78 is 43.7. The molecule has 11 heteroatoms. The highest BCUT2D eigenvalue weighted by molar-refractivity contribution is 7.89. The third-order valence-electron chi connectivity index (χ3n) is 2.72. The van der Waals surface area contributed by atoms with E-state index in [9.17, 15) is 27.2 Å². The van der Waals surface area contributed by atoms with Crippen molar-refractivity contribution >= 4 is 27.9 Å². The molecule has 9 nitrogen and oxygen atoms in total. The zero-order valence-electron chi connectivity index (χ0n) is 12.8. The van der Waals surface area contributed by atoms with Crippen molar-refractivity contribution < 1.29 is 31.9 Å². The van der Waals surface area contributed by atoms with Gasteiger partial charge in [-0.1, -0.05) is 0 Å². The van der Waals surface area contributed by atoms with Gasteiger partial charge in [0.2, 0.25) is 10.0 Å². The van der Waals surface area contributed by atoms with Crippen LogP contribution in [-0.4, -0.2) is 38.5 Å². The highest BCUT2D eigenvalue weighted by atomic mass is 32.2. The number of ether oxygens (including phenoxy) is 1. The molecule has 0 aliphatic heterocycles. The number of amides is 3. The molecule has 0 radical (unpaired) electrons. The minimum absolute atomic E-state index is 0.247. The molecule has 0 fully saturated rings. The summed E-state index contributed by atoms with van der Waals surface area (Å²) in [7, 11) is -4.09. The van der Waals surface area contributed by atoms with Crippen molar-refractivity contribution in [1.29, 1.82) is 0 Å². The van der Waals surface area contributed by atoms with Gasteiger partial charge >= 0.3 is 12.0 Å². The van der Waals surface area contributed by atoms with Crippen LogP contribution in [0, 0.1) is 5.82 Å². The van der Waals surface area contributed by atoms with Gasteiger partial charge in [0, 0.05) is 0 Å². The minimum atomic E-state index is -4.09. The van der Waals surface area contributed by atoms with E-state index in [2.05, 4.69) is 0 Å². The second-order valence-electron chi connectivity index (χ2n) is 4.73. The number of esters is 1. The third-order valence-corrected chi connectivity index (χ3v) is 4.27. The van der Waals surface area contributed by atoms with Crippen LogP contribution < -0.4 is 15.8 Å². The van der Waals surface area contributed by atoms with Crippen LogP contribution in [0.4, 0.5) is 9.18 Å². The van der Waals surface area contributed by atoms with E-state index in [0.29, 0.717) is 0 Å². The lowest BCUT2D eigenvalue weighted by Gasteiger charge is -2.17. The standard InChI is InChI=1S/C13H16FN3O6S/c1-7(12(19)23-8(2)11(18)16-13(15)20)17-24(21,22)10-5-3-9(14)4-6-10/h3-8,17H,1-2H3,(H3,15,16,18,20)/t7-,8+/m0/s1. The average Bonchev–Trinajstić information content (AvgIpc) is 2.46. The zero-order chi connectivity index (χ0) is 18.5. The van der Waals surface area contributed by atoms with E-state index in [-0.39, 0.29) is 4.90 Å². The zero-order valence-corrected chi connectivity index (χ0v) is 13.6. The maximum absolute atomic E-state index is 12.8.